The maximum atomic E-state index is 12.1. The van der Waals surface area contributed by atoms with Gasteiger partial charge >= 0.3 is 0 Å². The lowest BCUT2D eigenvalue weighted by Crippen LogP contribution is -2.35. The van der Waals surface area contributed by atoms with Gasteiger partial charge < -0.3 is 14.9 Å². The van der Waals surface area contributed by atoms with Crippen molar-refractivity contribution < 1.29 is 17.6 Å². The number of furan rings is 1. The molecule has 0 amide bonds. The van der Waals surface area contributed by atoms with Crippen LogP contribution < -0.4 is 10.5 Å². The van der Waals surface area contributed by atoms with E-state index in [1.807, 2.05) is 6.92 Å². The SMILES string of the molecule is CCOCC(C)NS(=O)(=O)c1cc(CN)oc1Br. The summed E-state index contributed by atoms with van der Waals surface area (Å²) in [5.41, 5.74) is 5.39. The third-order valence-corrected chi connectivity index (χ3v) is 4.57. The lowest BCUT2D eigenvalue weighted by atomic mass is 10.4. The Hall–Kier alpha value is -0.410. The summed E-state index contributed by atoms with van der Waals surface area (Å²) in [5.74, 6) is 0.403. The Morgan fingerprint density at radius 2 is 2.28 bits per heavy atom. The molecule has 18 heavy (non-hydrogen) atoms. The lowest BCUT2D eigenvalue weighted by molar-refractivity contribution is 0.133. The molecular weight excluding hydrogens is 324 g/mol. The molecule has 0 aliphatic rings. The Morgan fingerprint density at radius 1 is 1.61 bits per heavy atom. The number of nitrogens with one attached hydrogen (secondary N) is 1. The van der Waals surface area contributed by atoms with Gasteiger partial charge in [0.1, 0.15) is 10.7 Å². The number of hydrogen-bond acceptors (Lipinski definition) is 5. The number of hydrogen-bond donors (Lipinski definition) is 2. The minimum atomic E-state index is -3.64. The summed E-state index contributed by atoms with van der Waals surface area (Å²) in [6.45, 7) is 4.57. The van der Waals surface area contributed by atoms with Crippen molar-refractivity contribution in [1.29, 1.82) is 0 Å². The maximum Gasteiger partial charge on any atom is 0.245 e. The van der Waals surface area contributed by atoms with Crippen LogP contribution in [0.2, 0.25) is 0 Å². The van der Waals surface area contributed by atoms with Crippen LogP contribution in [0.1, 0.15) is 19.6 Å². The highest BCUT2D eigenvalue weighted by Crippen LogP contribution is 2.25. The highest BCUT2D eigenvalue weighted by molar-refractivity contribution is 9.10. The van der Waals surface area contributed by atoms with Gasteiger partial charge in [-0.1, -0.05) is 0 Å². The summed E-state index contributed by atoms with van der Waals surface area (Å²) >= 11 is 3.06. The molecule has 0 aliphatic heterocycles. The monoisotopic (exact) mass is 340 g/mol. The van der Waals surface area contributed by atoms with E-state index in [4.69, 9.17) is 14.9 Å². The molecule has 104 valence electrons. The first-order chi connectivity index (χ1) is 8.40. The molecular formula is C10H17BrN2O4S. The number of rotatable bonds is 7. The van der Waals surface area contributed by atoms with E-state index in [-0.39, 0.29) is 22.2 Å². The van der Waals surface area contributed by atoms with Gasteiger partial charge in [0.05, 0.1) is 13.2 Å². The molecule has 1 aromatic rings. The molecule has 1 rings (SSSR count). The van der Waals surface area contributed by atoms with Gasteiger partial charge in [-0.25, -0.2) is 13.1 Å². The second kappa shape index (κ2) is 6.67. The number of ether oxygens (including phenoxy) is 1. The molecule has 1 aromatic heterocycles. The van der Waals surface area contributed by atoms with Gasteiger partial charge in [-0.15, -0.1) is 0 Å². The summed E-state index contributed by atoms with van der Waals surface area (Å²) in [4.78, 5) is 0.0475. The van der Waals surface area contributed by atoms with Crippen molar-refractivity contribution in [2.75, 3.05) is 13.2 Å². The normalized spacial score (nSPS) is 13.8. The summed E-state index contributed by atoms with van der Waals surface area (Å²) in [5, 5.41) is 0. The van der Waals surface area contributed by atoms with Crippen molar-refractivity contribution in [2.45, 2.75) is 31.3 Å². The van der Waals surface area contributed by atoms with Crippen LogP contribution in [0.15, 0.2) is 20.0 Å². The average Bonchev–Trinajstić information content (AvgIpc) is 2.68. The molecule has 0 saturated carbocycles. The largest absolute Gasteiger partial charge is 0.452 e. The molecule has 1 atom stereocenters. The van der Waals surface area contributed by atoms with Gasteiger partial charge in [0.25, 0.3) is 0 Å². The fraction of sp³-hybridized carbons (Fsp3) is 0.600. The molecule has 0 saturated heterocycles. The second-order valence-corrected chi connectivity index (χ2v) is 6.14. The molecule has 0 bridgehead atoms. The average molecular weight is 341 g/mol. The maximum absolute atomic E-state index is 12.1. The number of halogens is 1. The zero-order valence-electron chi connectivity index (χ0n) is 10.3. The van der Waals surface area contributed by atoms with Crippen molar-refractivity contribution in [2.24, 2.45) is 5.73 Å². The van der Waals surface area contributed by atoms with Crippen molar-refractivity contribution in [3.05, 3.63) is 16.5 Å². The molecule has 0 radical (unpaired) electrons. The van der Waals surface area contributed by atoms with E-state index in [2.05, 4.69) is 20.7 Å². The van der Waals surface area contributed by atoms with Crippen LogP contribution in [0.4, 0.5) is 0 Å². The molecule has 1 unspecified atom stereocenters. The van der Waals surface area contributed by atoms with E-state index in [1.54, 1.807) is 6.92 Å². The zero-order valence-corrected chi connectivity index (χ0v) is 12.7. The van der Waals surface area contributed by atoms with Crippen LogP contribution in [0.5, 0.6) is 0 Å². The predicted octanol–water partition coefficient (Wildman–Crippen LogP) is 1.20. The van der Waals surface area contributed by atoms with E-state index in [1.165, 1.54) is 6.07 Å². The quantitative estimate of drug-likeness (QED) is 0.777. The van der Waals surface area contributed by atoms with Gasteiger partial charge in [-0.2, -0.15) is 0 Å². The van der Waals surface area contributed by atoms with E-state index in [0.717, 1.165) is 0 Å². The van der Waals surface area contributed by atoms with Gasteiger partial charge in [-0.05, 0) is 29.8 Å². The van der Waals surface area contributed by atoms with Crippen LogP contribution in [0.3, 0.4) is 0 Å². The molecule has 3 N–H and O–H groups in total. The van der Waals surface area contributed by atoms with E-state index >= 15 is 0 Å². The first kappa shape index (κ1) is 15.6. The van der Waals surface area contributed by atoms with Gasteiger partial charge in [0.15, 0.2) is 4.67 Å². The predicted molar refractivity (Wildman–Crippen MR) is 70.6 cm³/mol. The van der Waals surface area contributed by atoms with Crippen molar-refractivity contribution >= 4 is 26.0 Å². The van der Waals surface area contributed by atoms with Crippen LogP contribution >= 0.6 is 15.9 Å². The fourth-order valence-electron chi connectivity index (χ4n) is 1.34. The summed E-state index contributed by atoms with van der Waals surface area (Å²) in [6.07, 6.45) is 0. The smallest absolute Gasteiger partial charge is 0.245 e. The Labute approximate surface area is 115 Å². The topological polar surface area (TPSA) is 94.6 Å². The fourth-order valence-corrected chi connectivity index (χ4v) is 3.56. The first-order valence-corrected chi connectivity index (χ1v) is 7.76. The number of sulfonamides is 1. The van der Waals surface area contributed by atoms with E-state index in [9.17, 15) is 8.42 Å². The molecule has 1 heterocycles. The van der Waals surface area contributed by atoms with Gasteiger partial charge in [0.2, 0.25) is 10.0 Å². The first-order valence-electron chi connectivity index (χ1n) is 5.49. The van der Waals surface area contributed by atoms with E-state index in [0.29, 0.717) is 19.0 Å². The zero-order chi connectivity index (χ0) is 13.8. The second-order valence-electron chi connectivity index (χ2n) is 3.74. The Kier molecular flexibility index (Phi) is 5.80. The van der Waals surface area contributed by atoms with Crippen LogP contribution in [0.25, 0.3) is 0 Å². The van der Waals surface area contributed by atoms with Crippen molar-refractivity contribution in [3.8, 4) is 0 Å². The molecule has 0 fully saturated rings. The third-order valence-electron chi connectivity index (χ3n) is 2.13. The number of nitrogens with two attached hydrogens (primary N) is 1. The Bertz CT molecular complexity index is 486. The third kappa shape index (κ3) is 4.06. The van der Waals surface area contributed by atoms with Crippen LogP contribution in [-0.2, 0) is 21.3 Å². The molecule has 6 nitrogen and oxygen atoms in total. The summed E-state index contributed by atoms with van der Waals surface area (Å²) in [6, 6.07) is 1.08. The molecule has 0 aromatic carbocycles. The Balaban J connectivity index is 2.82. The standard InChI is InChI=1S/C10H17BrN2O4S/c1-3-16-6-7(2)13-18(14,15)9-4-8(5-12)17-10(9)11/h4,7,13H,3,5-6,12H2,1-2H3. The van der Waals surface area contributed by atoms with Crippen LogP contribution in [0, 0.1) is 0 Å². The highest BCUT2D eigenvalue weighted by Gasteiger charge is 2.23. The molecule has 0 aliphatic carbocycles. The van der Waals surface area contributed by atoms with E-state index < -0.39 is 10.0 Å². The van der Waals surface area contributed by atoms with Gasteiger partial charge in [-0.3, -0.25) is 0 Å². The van der Waals surface area contributed by atoms with Gasteiger partial charge in [0, 0.05) is 18.7 Å². The lowest BCUT2D eigenvalue weighted by Gasteiger charge is -2.13. The minimum Gasteiger partial charge on any atom is -0.452 e. The summed E-state index contributed by atoms with van der Waals surface area (Å²) < 4.78 is 37.1. The molecule has 8 heteroatoms. The van der Waals surface area contributed by atoms with Crippen LogP contribution in [-0.4, -0.2) is 27.7 Å². The minimum absolute atomic E-state index is 0.0475. The van der Waals surface area contributed by atoms with Crippen molar-refractivity contribution in [3.63, 3.8) is 0 Å². The highest BCUT2D eigenvalue weighted by atomic mass is 79.9. The van der Waals surface area contributed by atoms with Crippen molar-refractivity contribution in [1.82, 2.24) is 4.72 Å². The summed E-state index contributed by atoms with van der Waals surface area (Å²) in [7, 11) is -3.64. The molecule has 0 spiro atoms. The Morgan fingerprint density at radius 3 is 2.78 bits per heavy atom.